The van der Waals surface area contributed by atoms with E-state index in [0.29, 0.717) is 0 Å². The normalized spacial score (nSPS) is 25.6. The Kier molecular flexibility index (Phi) is 3.04. The minimum Gasteiger partial charge on any atom is -0.0788 e. The molecule has 0 N–H and O–H groups in total. The topological polar surface area (TPSA) is 0 Å². The van der Waals surface area contributed by atoms with Gasteiger partial charge in [-0.15, -0.1) is 0 Å². The highest BCUT2D eigenvalue weighted by atomic mass is 80.0. The van der Waals surface area contributed by atoms with E-state index < -0.39 is 0 Å². The maximum atomic E-state index is 3.48. The molecule has 0 saturated heterocycles. The molecule has 0 aromatic carbocycles. The molecule has 1 aliphatic rings. The van der Waals surface area contributed by atoms with E-state index in [2.05, 4.69) is 60.8 Å². The molecule has 1 rings (SSSR count). The van der Waals surface area contributed by atoms with Crippen molar-refractivity contribution in [3.8, 4) is 0 Å². The average Bonchev–Trinajstić information content (AvgIpc) is 1.57. The first-order valence-corrected chi connectivity index (χ1v) is 5.70. The molecule has 0 heterocycles. The van der Waals surface area contributed by atoms with Crippen LogP contribution in [0.1, 0.15) is 19.8 Å². The zero-order valence-electron chi connectivity index (χ0n) is 5.70. The molecule has 58 valence electrons. The van der Waals surface area contributed by atoms with E-state index in [9.17, 15) is 0 Å². The van der Waals surface area contributed by atoms with Crippen molar-refractivity contribution in [2.45, 2.75) is 21.9 Å². The third-order valence-corrected chi connectivity index (χ3v) is 3.34. The molecule has 0 aliphatic heterocycles. The summed E-state index contributed by atoms with van der Waals surface area (Å²) in [5, 5.41) is 0. The zero-order valence-corrected chi connectivity index (χ0v) is 10.5. The lowest BCUT2D eigenvalue weighted by atomic mass is 9.86. The van der Waals surface area contributed by atoms with Gasteiger partial charge in [-0.25, -0.2) is 0 Å². The van der Waals surface area contributed by atoms with Crippen LogP contribution >= 0.6 is 47.8 Å². The van der Waals surface area contributed by atoms with Crippen molar-refractivity contribution < 1.29 is 0 Å². The highest BCUT2D eigenvalue weighted by molar-refractivity contribution is 9.39. The Bertz CT molecular complexity index is 155. The van der Waals surface area contributed by atoms with Crippen LogP contribution in [0.2, 0.25) is 0 Å². The molecule has 0 amide bonds. The van der Waals surface area contributed by atoms with E-state index in [4.69, 9.17) is 0 Å². The first-order chi connectivity index (χ1) is 4.54. The second-order valence-electron chi connectivity index (χ2n) is 2.56. The van der Waals surface area contributed by atoms with Crippen molar-refractivity contribution in [1.29, 1.82) is 0 Å². The summed E-state index contributed by atoms with van der Waals surface area (Å²) in [6.45, 7) is 2.22. The molecular weight excluding hydrogens is 324 g/mol. The molecule has 0 aromatic rings. The van der Waals surface area contributed by atoms with Crippen LogP contribution in [0.4, 0.5) is 0 Å². The Labute approximate surface area is 86.8 Å². The van der Waals surface area contributed by atoms with E-state index in [0.717, 1.165) is 5.92 Å². The molecule has 0 spiro atoms. The van der Waals surface area contributed by atoms with Gasteiger partial charge in [-0.3, -0.25) is 0 Å². The third kappa shape index (κ3) is 2.08. The standard InChI is InChI=1S/C7H9Br3/c1-2-5-3-6(4-5)7(8,9)10/h3,5H,2,4H2,1H3. The van der Waals surface area contributed by atoms with Gasteiger partial charge in [0.15, 0.2) is 2.14 Å². The minimum atomic E-state index is -0.126. The van der Waals surface area contributed by atoms with Crippen LogP contribution < -0.4 is 0 Å². The predicted molar refractivity (Wildman–Crippen MR) is 56.0 cm³/mol. The van der Waals surface area contributed by atoms with Crippen LogP contribution in [0.5, 0.6) is 0 Å². The lowest BCUT2D eigenvalue weighted by Gasteiger charge is -2.29. The largest absolute Gasteiger partial charge is 0.155 e. The smallest absolute Gasteiger partial charge is 0.0788 e. The summed E-state index contributed by atoms with van der Waals surface area (Å²) in [5.41, 5.74) is 1.40. The number of alkyl halides is 3. The third-order valence-electron chi connectivity index (χ3n) is 1.81. The monoisotopic (exact) mass is 330 g/mol. The van der Waals surface area contributed by atoms with Crippen LogP contribution in [0.15, 0.2) is 11.6 Å². The number of halogens is 3. The lowest BCUT2D eigenvalue weighted by molar-refractivity contribution is 0.557. The minimum absolute atomic E-state index is 0.126. The first kappa shape index (κ1) is 9.27. The first-order valence-electron chi connectivity index (χ1n) is 3.32. The van der Waals surface area contributed by atoms with Gasteiger partial charge in [0, 0.05) is 0 Å². The molecular formula is C7H9Br3. The van der Waals surface area contributed by atoms with E-state index >= 15 is 0 Å². The molecule has 0 bridgehead atoms. The fourth-order valence-electron chi connectivity index (χ4n) is 1.01. The van der Waals surface area contributed by atoms with E-state index in [1.807, 2.05) is 0 Å². The SMILES string of the molecule is CCC1C=C(C(Br)(Br)Br)C1. The highest BCUT2D eigenvalue weighted by Gasteiger charge is 2.31. The van der Waals surface area contributed by atoms with E-state index in [-0.39, 0.29) is 2.14 Å². The quantitative estimate of drug-likeness (QED) is 0.499. The van der Waals surface area contributed by atoms with Crippen LogP contribution in [-0.2, 0) is 0 Å². The maximum absolute atomic E-state index is 3.48. The second kappa shape index (κ2) is 3.28. The van der Waals surface area contributed by atoms with Gasteiger partial charge in [-0.1, -0.05) is 60.8 Å². The average molecular weight is 333 g/mol. The van der Waals surface area contributed by atoms with E-state index in [1.54, 1.807) is 0 Å². The van der Waals surface area contributed by atoms with Gasteiger partial charge in [0.25, 0.3) is 0 Å². The summed E-state index contributed by atoms with van der Waals surface area (Å²) in [7, 11) is 0. The maximum Gasteiger partial charge on any atom is 0.155 e. The van der Waals surface area contributed by atoms with Crippen molar-refractivity contribution in [2.24, 2.45) is 5.92 Å². The summed E-state index contributed by atoms with van der Waals surface area (Å²) >= 11 is 10.4. The van der Waals surface area contributed by atoms with Crippen molar-refractivity contribution in [3.63, 3.8) is 0 Å². The fraction of sp³-hybridized carbons (Fsp3) is 0.714. The predicted octanol–water partition coefficient (Wildman–Crippen LogP) is 4.18. The molecule has 3 heteroatoms. The molecule has 0 radical (unpaired) electrons. The molecule has 0 saturated carbocycles. The van der Waals surface area contributed by atoms with Crippen molar-refractivity contribution in [3.05, 3.63) is 11.6 Å². The summed E-state index contributed by atoms with van der Waals surface area (Å²) in [6, 6.07) is 0. The molecule has 10 heavy (non-hydrogen) atoms. The van der Waals surface area contributed by atoms with Crippen LogP contribution in [0.25, 0.3) is 0 Å². The fourth-order valence-corrected chi connectivity index (χ4v) is 1.89. The number of hydrogen-bond acceptors (Lipinski definition) is 0. The highest BCUT2D eigenvalue weighted by Crippen LogP contribution is 2.48. The summed E-state index contributed by atoms with van der Waals surface area (Å²) in [6.07, 6.45) is 4.77. The van der Waals surface area contributed by atoms with E-state index in [1.165, 1.54) is 18.4 Å². The van der Waals surface area contributed by atoms with Gasteiger partial charge >= 0.3 is 0 Å². The second-order valence-corrected chi connectivity index (χ2v) is 9.32. The van der Waals surface area contributed by atoms with Gasteiger partial charge in [-0.05, 0) is 24.3 Å². The van der Waals surface area contributed by atoms with Gasteiger partial charge in [0.2, 0.25) is 0 Å². The summed E-state index contributed by atoms with van der Waals surface area (Å²) < 4.78 is -0.126. The van der Waals surface area contributed by atoms with Gasteiger partial charge in [0.05, 0.1) is 0 Å². The molecule has 0 aromatic heterocycles. The summed E-state index contributed by atoms with van der Waals surface area (Å²) in [4.78, 5) is 0. The van der Waals surface area contributed by atoms with Gasteiger partial charge < -0.3 is 0 Å². The van der Waals surface area contributed by atoms with Crippen molar-refractivity contribution in [1.82, 2.24) is 0 Å². The Morgan fingerprint density at radius 1 is 1.60 bits per heavy atom. The molecule has 1 unspecified atom stereocenters. The van der Waals surface area contributed by atoms with Crippen molar-refractivity contribution >= 4 is 47.8 Å². The Morgan fingerprint density at radius 3 is 2.40 bits per heavy atom. The van der Waals surface area contributed by atoms with Crippen LogP contribution in [0, 0.1) is 5.92 Å². The molecule has 0 nitrogen and oxygen atoms in total. The molecule has 1 atom stereocenters. The van der Waals surface area contributed by atoms with Crippen molar-refractivity contribution in [2.75, 3.05) is 0 Å². The Morgan fingerprint density at radius 2 is 2.10 bits per heavy atom. The van der Waals surface area contributed by atoms with Gasteiger partial charge in [-0.2, -0.15) is 0 Å². The Balaban J connectivity index is 2.50. The molecule has 0 fully saturated rings. The summed E-state index contributed by atoms with van der Waals surface area (Å²) in [5.74, 6) is 0.807. The zero-order chi connectivity index (χ0) is 7.78. The van der Waals surface area contributed by atoms with Crippen LogP contribution in [-0.4, -0.2) is 2.14 Å². The lowest BCUT2D eigenvalue weighted by Crippen LogP contribution is -2.18. The Hall–Kier alpha value is 1.18. The van der Waals surface area contributed by atoms with Crippen LogP contribution in [0.3, 0.4) is 0 Å². The number of allylic oxidation sites excluding steroid dienone is 2. The molecule has 1 aliphatic carbocycles. The number of rotatable bonds is 1. The van der Waals surface area contributed by atoms with Gasteiger partial charge in [0.1, 0.15) is 0 Å². The number of hydrogen-bond donors (Lipinski definition) is 0.